The normalized spacial score (nSPS) is 28.9. The first kappa shape index (κ1) is 8.84. The molecule has 0 aromatic carbocycles. The molecule has 1 fully saturated rings. The Labute approximate surface area is 64.2 Å². The summed E-state index contributed by atoms with van der Waals surface area (Å²) in [6.45, 7) is 0.518. The van der Waals surface area contributed by atoms with E-state index in [-0.39, 0.29) is 6.42 Å². The number of halogens is 3. The van der Waals surface area contributed by atoms with Crippen LogP contribution in [0.4, 0.5) is 13.2 Å². The van der Waals surface area contributed by atoms with Gasteiger partial charge in [0.2, 0.25) is 0 Å². The van der Waals surface area contributed by atoms with E-state index in [0.717, 1.165) is 6.42 Å². The minimum absolute atomic E-state index is 0.139. The highest BCUT2D eigenvalue weighted by molar-refractivity contribution is 4.88. The van der Waals surface area contributed by atoms with E-state index in [4.69, 9.17) is 0 Å². The molecule has 1 atom stereocenters. The zero-order chi connectivity index (χ0) is 8.48. The van der Waals surface area contributed by atoms with E-state index < -0.39 is 12.2 Å². The molecule has 1 nitrogen and oxygen atoms in total. The summed E-state index contributed by atoms with van der Waals surface area (Å²) >= 11 is 0. The Hall–Kier alpha value is -0.250. The maximum atomic E-state index is 12.1. The lowest BCUT2D eigenvalue weighted by Gasteiger charge is -2.33. The summed E-state index contributed by atoms with van der Waals surface area (Å²) in [5.41, 5.74) is 0. The first-order valence-corrected chi connectivity index (χ1v) is 3.60. The number of rotatable bonds is 0. The van der Waals surface area contributed by atoms with Crippen LogP contribution in [-0.4, -0.2) is 30.7 Å². The predicted molar refractivity (Wildman–Crippen MR) is 36.0 cm³/mol. The molecule has 1 radical (unpaired) electrons. The first-order chi connectivity index (χ1) is 5.02. The average molecular weight is 166 g/mol. The maximum Gasteiger partial charge on any atom is 0.404 e. The molecule has 1 heterocycles. The average Bonchev–Trinajstić information content (AvgIpc) is 1.86. The number of nitrogens with zero attached hydrogens (tertiary/aromatic N) is 1. The summed E-state index contributed by atoms with van der Waals surface area (Å²) in [6.07, 6.45) is -1.45. The van der Waals surface area contributed by atoms with Gasteiger partial charge in [-0.3, -0.25) is 4.90 Å². The van der Waals surface area contributed by atoms with Gasteiger partial charge in [0.1, 0.15) is 6.04 Å². The van der Waals surface area contributed by atoms with Crippen molar-refractivity contribution in [3.63, 3.8) is 0 Å². The van der Waals surface area contributed by atoms with Crippen LogP contribution in [0.5, 0.6) is 0 Å². The standard InChI is InChI=1S/C7H11F3N/c1-11-5-3-2-4-6(11)7(8,9)10/h2,6H,3-5H2,1H3. The third kappa shape index (κ3) is 2.09. The molecule has 65 valence electrons. The van der Waals surface area contributed by atoms with Crippen molar-refractivity contribution in [2.75, 3.05) is 13.6 Å². The summed E-state index contributed by atoms with van der Waals surface area (Å²) in [7, 11) is 1.52. The molecule has 0 aromatic rings. The van der Waals surface area contributed by atoms with Gasteiger partial charge < -0.3 is 0 Å². The lowest BCUT2D eigenvalue weighted by molar-refractivity contribution is -0.183. The Kier molecular flexibility index (Phi) is 2.42. The quantitative estimate of drug-likeness (QED) is 0.530. The van der Waals surface area contributed by atoms with Crippen LogP contribution in [0.1, 0.15) is 12.8 Å². The van der Waals surface area contributed by atoms with E-state index in [9.17, 15) is 13.2 Å². The molecule has 11 heavy (non-hydrogen) atoms. The van der Waals surface area contributed by atoms with Crippen LogP contribution < -0.4 is 0 Å². The second-order valence-corrected chi connectivity index (χ2v) is 2.85. The minimum atomic E-state index is -4.06. The predicted octanol–water partition coefficient (Wildman–Crippen LogP) is 1.85. The van der Waals surface area contributed by atoms with Gasteiger partial charge in [-0.2, -0.15) is 13.2 Å². The van der Waals surface area contributed by atoms with Crippen molar-refractivity contribution in [1.29, 1.82) is 0 Å². The van der Waals surface area contributed by atoms with Crippen LogP contribution in [0.15, 0.2) is 0 Å². The van der Waals surface area contributed by atoms with E-state index in [1.165, 1.54) is 11.9 Å². The smallest absolute Gasteiger partial charge is 0.295 e. The van der Waals surface area contributed by atoms with Crippen molar-refractivity contribution in [3.8, 4) is 0 Å². The van der Waals surface area contributed by atoms with Gasteiger partial charge in [-0.1, -0.05) is 0 Å². The molecule has 0 spiro atoms. The van der Waals surface area contributed by atoms with Crippen molar-refractivity contribution >= 4 is 0 Å². The van der Waals surface area contributed by atoms with Crippen LogP contribution in [-0.2, 0) is 0 Å². The fraction of sp³-hybridized carbons (Fsp3) is 0.857. The van der Waals surface area contributed by atoms with Crippen molar-refractivity contribution in [3.05, 3.63) is 6.42 Å². The third-order valence-electron chi connectivity index (χ3n) is 1.99. The molecule has 0 N–H and O–H groups in total. The molecule has 0 amide bonds. The zero-order valence-electron chi connectivity index (χ0n) is 6.36. The van der Waals surface area contributed by atoms with E-state index in [0.29, 0.717) is 6.54 Å². The molecular weight excluding hydrogens is 155 g/mol. The molecule has 0 bridgehead atoms. The van der Waals surface area contributed by atoms with Gasteiger partial charge in [-0.15, -0.1) is 0 Å². The highest BCUT2D eigenvalue weighted by atomic mass is 19.4. The van der Waals surface area contributed by atoms with Crippen LogP contribution in [0, 0.1) is 6.42 Å². The van der Waals surface area contributed by atoms with Crippen molar-refractivity contribution < 1.29 is 13.2 Å². The Bertz CT molecular complexity index is 132. The lowest BCUT2D eigenvalue weighted by atomic mass is 10.0. The van der Waals surface area contributed by atoms with Gasteiger partial charge >= 0.3 is 6.18 Å². The maximum absolute atomic E-state index is 12.1. The number of hydrogen-bond acceptors (Lipinski definition) is 1. The largest absolute Gasteiger partial charge is 0.404 e. The van der Waals surface area contributed by atoms with Crippen molar-refractivity contribution in [2.24, 2.45) is 0 Å². The SMILES string of the molecule is CN1CC[CH]CC1C(F)(F)F. The van der Waals surface area contributed by atoms with E-state index in [1.54, 1.807) is 6.42 Å². The van der Waals surface area contributed by atoms with Crippen LogP contribution >= 0.6 is 0 Å². The Morgan fingerprint density at radius 2 is 2.09 bits per heavy atom. The van der Waals surface area contributed by atoms with E-state index in [2.05, 4.69) is 0 Å². The molecule has 1 aliphatic heterocycles. The number of alkyl halides is 3. The fourth-order valence-corrected chi connectivity index (χ4v) is 1.29. The van der Waals surface area contributed by atoms with Crippen LogP contribution in [0.2, 0.25) is 0 Å². The van der Waals surface area contributed by atoms with Gasteiger partial charge in [-0.25, -0.2) is 0 Å². The van der Waals surface area contributed by atoms with Gasteiger partial charge in [0.15, 0.2) is 0 Å². The van der Waals surface area contributed by atoms with Crippen LogP contribution in [0.3, 0.4) is 0 Å². The second kappa shape index (κ2) is 3.01. The van der Waals surface area contributed by atoms with Crippen molar-refractivity contribution in [1.82, 2.24) is 4.90 Å². The summed E-state index contributed by atoms with van der Waals surface area (Å²) in [5.74, 6) is 0. The van der Waals surface area contributed by atoms with Crippen molar-refractivity contribution in [2.45, 2.75) is 25.1 Å². The number of piperidine rings is 1. The van der Waals surface area contributed by atoms with Gasteiger partial charge in [-0.05, 0) is 32.9 Å². The summed E-state index contributed by atoms with van der Waals surface area (Å²) in [6, 6.07) is -1.25. The van der Waals surface area contributed by atoms with E-state index in [1.807, 2.05) is 0 Å². The topological polar surface area (TPSA) is 3.24 Å². The zero-order valence-corrected chi connectivity index (χ0v) is 6.36. The molecule has 1 saturated heterocycles. The van der Waals surface area contributed by atoms with Gasteiger partial charge in [0.25, 0.3) is 0 Å². The molecule has 1 rings (SSSR count). The Morgan fingerprint density at radius 3 is 2.45 bits per heavy atom. The van der Waals surface area contributed by atoms with Crippen LogP contribution in [0.25, 0.3) is 0 Å². The lowest BCUT2D eigenvalue weighted by Crippen LogP contribution is -2.46. The second-order valence-electron chi connectivity index (χ2n) is 2.85. The summed E-state index contributed by atoms with van der Waals surface area (Å²) in [4.78, 5) is 1.36. The first-order valence-electron chi connectivity index (χ1n) is 3.60. The Balaban J connectivity index is 2.55. The highest BCUT2D eigenvalue weighted by Crippen LogP contribution is 2.30. The molecule has 4 heteroatoms. The van der Waals surface area contributed by atoms with E-state index >= 15 is 0 Å². The molecule has 1 aliphatic rings. The van der Waals surface area contributed by atoms with Gasteiger partial charge in [0.05, 0.1) is 0 Å². The third-order valence-corrected chi connectivity index (χ3v) is 1.99. The number of hydrogen-bond donors (Lipinski definition) is 0. The van der Waals surface area contributed by atoms with Gasteiger partial charge in [0, 0.05) is 0 Å². The number of likely N-dealkylation sites (tertiary alicyclic amines) is 1. The molecule has 0 aromatic heterocycles. The molecular formula is C7H11F3N. The summed E-state index contributed by atoms with van der Waals surface area (Å²) in [5, 5.41) is 0. The molecule has 0 aliphatic carbocycles. The monoisotopic (exact) mass is 166 g/mol. The molecule has 0 saturated carbocycles. The fourth-order valence-electron chi connectivity index (χ4n) is 1.29. The summed E-state index contributed by atoms with van der Waals surface area (Å²) < 4.78 is 36.4. The molecule has 1 unspecified atom stereocenters. The Morgan fingerprint density at radius 1 is 1.45 bits per heavy atom. The highest BCUT2D eigenvalue weighted by Gasteiger charge is 2.42. The minimum Gasteiger partial charge on any atom is -0.295 e.